The molecule has 0 aliphatic rings. The van der Waals surface area contributed by atoms with Crippen molar-refractivity contribution in [3.05, 3.63) is 53.6 Å². The van der Waals surface area contributed by atoms with Crippen LogP contribution in [0.4, 0.5) is 0 Å². The Morgan fingerprint density at radius 3 is 2.26 bits per heavy atom. The number of benzene rings is 2. The zero-order valence-corrected chi connectivity index (χ0v) is 14.0. The molecule has 2 rings (SSSR count). The molecule has 0 bridgehead atoms. The first-order valence-corrected chi connectivity index (χ1v) is 7.73. The van der Waals surface area contributed by atoms with Gasteiger partial charge in [-0.25, -0.2) is 0 Å². The van der Waals surface area contributed by atoms with Crippen molar-refractivity contribution in [3.8, 4) is 17.2 Å². The van der Waals surface area contributed by atoms with Crippen molar-refractivity contribution in [1.29, 1.82) is 0 Å². The minimum absolute atomic E-state index is 0.497. The van der Waals surface area contributed by atoms with Gasteiger partial charge in [0.05, 0.1) is 20.3 Å². The van der Waals surface area contributed by atoms with Gasteiger partial charge in [-0.2, -0.15) is 0 Å². The van der Waals surface area contributed by atoms with Gasteiger partial charge in [-0.05, 0) is 37.6 Å². The number of hydrogen-bond donors (Lipinski definition) is 0. The highest BCUT2D eigenvalue weighted by atomic mass is 16.5. The van der Waals surface area contributed by atoms with Crippen LogP contribution in [0.15, 0.2) is 42.5 Å². The molecule has 2 aromatic rings. The van der Waals surface area contributed by atoms with Gasteiger partial charge in [0.15, 0.2) is 0 Å². The van der Waals surface area contributed by atoms with Gasteiger partial charge in [0.2, 0.25) is 0 Å². The van der Waals surface area contributed by atoms with Crippen molar-refractivity contribution in [1.82, 2.24) is 0 Å². The second-order valence-electron chi connectivity index (χ2n) is 5.26. The zero-order chi connectivity index (χ0) is 16.5. The lowest BCUT2D eigenvalue weighted by Gasteiger charge is -2.11. The topological polar surface area (TPSA) is 36.9 Å². The molecule has 0 aromatic heterocycles. The Labute approximate surface area is 137 Å². The Kier molecular flexibility index (Phi) is 6.76. The molecule has 0 radical (unpaired) electrons. The summed E-state index contributed by atoms with van der Waals surface area (Å²) in [7, 11) is 1.64. The summed E-state index contributed by atoms with van der Waals surface area (Å²) in [5.41, 5.74) is 2.38. The summed E-state index contributed by atoms with van der Waals surface area (Å²) in [5.74, 6) is 2.47. The molecule has 0 N–H and O–H groups in total. The highest BCUT2D eigenvalue weighted by molar-refractivity contribution is 5.35. The van der Waals surface area contributed by atoms with Gasteiger partial charge in [-0.15, -0.1) is 0 Å². The van der Waals surface area contributed by atoms with Crippen molar-refractivity contribution < 1.29 is 18.9 Å². The first-order chi connectivity index (χ1) is 11.2. The number of methoxy groups -OCH3 is 1. The maximum absolute atomic E-state index is 5.70. The smallest absolute Gasteiger partial charge is 0.123 e. The van der Waals surface area contributed by atoms with E-state index in [2.05, 4.69) is 13.0 Å². The van der Waals surface area contributed by atoms with Crippen LogP contribution in [-0.2, 0) is 4.74 Å². The molecule has 4 heteroatoms. The summed E-state index contributed by atoms with van der Waals surface area (Å²) in [6, 6.07) is 13.7. The van der Waals surface area contributed by atoms with Crippen LogP contribution in [0.2, 0.25) is 0 Å². The van der Waals surface area contributed by atoms with E-state index in [-0.39, 0.29) is 0 Å². The van der Waals surface area contributed by atoms with Crippen LogP contribution in [0, 0.1) is 13.8 Å². The lowest BCUT2D eigenvalue weighted by atomic mass is 10.1. The molecule has 0 amide bonds. The van der Waals surface area contributed by atoms with Gasteiger partial charge in [0, 0.05) is 6.07 Å². The monoisotopic (exact) mass is 316 g/mol. The Hall–Kier alpha value is -2.20. The number of hydrogen-bond acceptors (Lipinski definition) is 4. The molecule has 0 aliphatic carbocycles. The van der Waals surface area contributed by atoms with E-state index >= 15 is 0 Å². The Balaban J connectivity index is 1.59. The molecule has 0 unspecified atom stereocenters. The summed E-state index contributed by atoms with van der Waals surface area (Å²) < 4.78 is 22.0. The average Bonchev–Trinajstić information content (AvgIpc) is 2.56. The molecular weight excluding hydrogens is 292 g/mol. The van der Waals surface area contributed by atoms with E-state index in [9.17, 15) is 0 Å². The summed E-state index contributed by atoms with van der Waals surface area (Å²) in [4.78, 5) is 0. The fourth-order valence-electron chi connectivity index (χ4n) is 2.18. The molecule has 0 saturated heterocycles. The molecule has 124 valence electrons. The van der Waals surface area contributed by atoms with Crippen molar-refractivity contribution in [2.45, 2.75) is 13.8 Å². The summed E-state index contributed by atoms with van der Waals surface area (Å²) in [5, 5.41) is 0. The lowest BCUT2D eigenvalue weighted by Crippen LogP contribution is -2.12. The molecule has 0 heterocycles. The zero-order valence-electron chi connectivity index (χ0n) is 14.0. The van der Waals surface area contributed by atoms with Crippen LogP contribution in [0.3, 0.4) is 0 Å². The summed E-state index contributed by atoms with van der Waals surface area (Å²) in [6.07, 6.45) is 0. The molecule has 23 heavy (non-hydrogen) atoms. The second-order valence-corrected chi connectivity index (χ2v) is 5.26. The van der Waals surface area contributed by atoms with E-state index in [1.54, 1.807) is 7.11 Å². The minimum Gasteiger partial charge on any atom is -0.497 e. The van der Waals surface area contributed by atoms with E-state index in [1.165, 1.54) is 5.56 Å². The number of aryl methyl sites for hydroxylation is 2. The van der Waals surface area contributed by atoms with Crippen LogP contribution < -0.4 is 14.2 Å². The SMILES string of the molecule is COc1cccc(OCCOCCOc2ccc(C)cc2C)c1. The van der Waals surface area contributed by atoms with Crippen LogP contribution >= 0.6 is 0 Å². The van der Waals surface area contributed by atoms with E-state index in [1.807, 2.05) is 43.3 Å². The highest BCUT2D eigenvalue weighted by Gasteiger charge is 2.00. The fourth-order valence-corrected chi connectivity index (χ4v) is 2.18. The maximum atomic E-state index is 5.70. The molecule has 0 aliphatic heterocycles. The normalized spacial score (nSPS) is 10.4. The molecule has 2 aromatic carbocycles. The summed E-state index contributed by atoms with van der Waals surface area (Å²) in [6.45, 7) is 6.20. The molecule has 4 nitrogen and oxygen atoms in total. The fraction of sp³-hybridized carbons (Fsp3) is 0.368. The molecule has 0 saturated carbocycles. The third-order valence-electron chi connectivity index (χ3n) is 3.35. The van der Waals surface area contributed by atoms with Crippen molar-refractivity contribution in [2.24, 2.45) is 0 Å². The van der Waals surface area contributed by atoms with Crippen molar-refractivity contribution >= 4 is 0 Å². The van der Waals surface area contributed by atoms with Crippen molar-refractivity contribution in [2.75, 3.05) is 33.5 Å². The first-order valence-electron chi connectivity index (χ1n) is 7.73. The molecule has 0 spiro atoms. The predicted octanol–water partition coefficient (Wildman–Crippen LogP) is 3.79. The van der Waals surface area contributed by atoms with Crippen LogP contribution in [-0.4, -0.2) is 33.5 Å². The van der Waals surface area contributed by atoms with Crippen LogP contribution in [0.25, 0.3) is 0 Å². The van der Waals surface area contributed by atoms with E-state index < -0.39 is 0 Å². The molecule has 0 fully saturated rings. The Morgan fingerprint density at radius 2 is 1.52 bits per heavy atom. The largest absolute Gasteiger partial charge is 0.497 e. The predicted molar refractivity (Wildman–Crippen MR) is 90.7 cm³/mol. The van der Waals surface area contributed by atoms with Gasteiger partial charge in [-0.1, -0.05) is 23.8 Å². The van der Waals surface area contributed by atoms with Crippen LogP contribution in [0.1, 0.15) is 11.1 Å². The van der Waals surface area contributed by atoms with Gasteiger partial charge in [-0.3, -0.25) is 0 Å². The molecular formula is C19H24O4. The third kappa shape index (κ3) is 5.83. The van der Waals surface area contributed by atoms with E-state index in [0.717, 1.165) is 22.8 Å². The quantitative estimate of drug-likeness (QED) is 0.660. The molecule has 0 atom stereocenters. The first kappa shape index (κ1) is 17.2. The minimum atomic E-state index is 0.497. The van der Waals surface area contributed by atoms with Crippen LogP contribution in [0.5, 0.6) is 17.2 Å². The average molecular weight is 316 g/mol. The van der Waals surface area contributed by atoms with Gasteiger partial charge in [0.25, 0.3) is 0 Å². The van der Waals surface area contributed by atoms with E-state index in [0.29, 0.717) is 26.4 Å². The maximum Gasteiger partial charge on any atom is 0.123 e. The van der Waals surface area contributed by atoms with Gasteiger partial charge < -0.3 is 18.9 Å². The summed E-state index contributed by atoms with van der Waals surface area (Å²) >= 11 is 0. The third-order valence-corrected chi connectivity index (χ3v) is 3.35. The second kappa shape index (κ2) is 9.06. The Morgan fingerprint density at radius 1 is 0.783 bits per heavy atom. The number of ether oxygens (including phenoxy) is 4. The van der Waals surface area contributed by atoms with Gasteiger partial charge >= 0.3 is 0 Å². The number of rotatable bonds is 9. The Bertz CT molecular complexity index is 610. The lowest BCUT2D eigenvalue weighted by molar-refractivity contribution is 0.0762. The van der Waals surface area contributed by atoms with Gasteiger partial charge in [0.1, 0.15) is 30.5 Å². The van der Waals surface area contributed by atoms with Crippen molar-refractivity contribution in [3.63, 3.8) is 0 Å². The highest BCUT2D eigenvalue weighted by Crippen LogP contribution is 2.19. The van der Waals surface area contributed by atoms with E-state index in [4.69, 9.17) is 18.9 Å². The standard InChI is InChI=1S/C19H24O4/c1-15-7-8-19(16(2)13-15)23-12-10-21-9-11-22-18-6-4-5-17(14-18)20-3/h4-8,13-14H,9-12H2,1-3H3.